The zero-order valence-corrected chi connectivity index (χ0v) is 7.53. The van der Waals surface area contributed by atoms with Crippen LogP contribution in [-0.4, -0.2) is 21.6 Å². The van der Waals surface area contributed by atoms with Crippen LogP contribution < -0.4 is 0 Å². The van der Waals surface area contributed by atoms with Crippen LogP contribution in [0.2, 0.25) is 0 Å². The molecule has 4 nitrogen and oxygen atoms in total. The summed E-state index contributed by atoms with van der Waals surface area (Å²) in [5, 5.41) is 26.9. The van der Waals surface area contributed by atoms with Gasteiger partial charge in [-0.1, -0.05) is 0 Å². The minimum absolute atomic E-state index is 0.260. The molecule has 1 aromatic carbocycles. The van der Waals surface area contributed by atoms with Crippen LogP contribution in [0.3, 0.4) is 0 Å². The summed E-state index contributed by atoms with van der Waals surface area (Å²) in [6, 6.07) is 2.88. The predicted octanol–water partition coefficient (Wildman–Crippen LogP) is -0.379. The number of aliphatic hydroxyl groups excluding tert-OH is 3. The van der Waals surface area contributed by atoms with Gasteiger partial charge in [0, 0.05) is 5.56 Å². The van der Waals surface area contributed by atoms with Gasteiger partial charge in [-0.05, 0) is 28.8 Å². The summed E-state index contributed by atoms with van der Waals surface area (Å²) in [6.45, 7) is -0.832. The van der Waals surface area contributed by atoms with Crippen molar-refractivity contribution in [1.82, 2.24) is 0 Å². The third-order valence-corrected chi connectivity index (χ3v) is 2.05. The Bertz CT molecular complexity index is 308. The SMILES string of the molecule is O=[C]c1cc(CO)c(CO)c(CO)c1. The molecule has 0 heterocycles. The molecule has 0 amide bonds. The highest BCUT2D eigenvalue weighted by Gasteiger charge is 2.08. The van der Waals surface area contributed by atoms with Gasteiger partial charge in [-0.15, -0.1) is 0 Å². The van der Waals surface area contributed by atoms with E-state index in [2.05, 4.69) is 0 Å². The van der Waals surface area contributed by atoms with Gasteiger partial charge in [0.15, 0.2) is 0 Å². The molecule has 4 heteroatoms. The van der Waals surface area contributed by atoms with E-state index in [1.54, 1.807) is 6.29 Å². The van der Waals surface area contributed by atoms with E-state index in [4.69, 9.17) is 15.3 Å². The number of benzene rings is 1. The lowest BCUT2D eigenvalue weighted by Crippen LogP contribution is -2.02. The van der Waals surface area contributed by atoms with Crippen molar-refractivity contribution < 1.29 is 20.1 Å². The van der Waals surface area contributed by atoms with Gasteiger partial charge in [-0.3, -0.25) is 4.79 Å². The molecular formula is C10H11O4. The second kappa shape index (κ2) is 4.85. The van der Waals surface area contributed by atoms with Gasteiger partial charge >= 0.3 is 0 Å². The predicted molar refractivity (Wildman–Crippen MR) is 49.0 cm³/mol. The monoisotopic (exact) mass is 195 g/mol. The number of hydrogen-bond donors (Lipinski definition) is 3. The van der Waals surface area contributed by atoms with Crippen molar-refractivity contribution in [2.24, 2.45) is 0 Å². The summed E-state index contributed by atoms with van der Waals surface area (Å²) in [6.07, 6.45) is 1.67. The van der Waals surface area contributed by atoms with Crippen molar-refractivity contribution in [2.75, 3.05) is 0 Å². The fourth-order valence-corrected chi connectivity index (χ4v) is 1.34. The van der Waals surface area contributed by atoms with E-state index in [0.717, 1.165) is 0 Å². The van der Waals surface area contributed by atoms with Gasteiger partial charge in [0.25, 0.3) is 0 Å². The second-order valence-corrected chi connectivity index (χ2v) is 2.85. The Morgan fingerprint density at radius 2 is 1.50 bits per heavy atom. The fourth-order valence-electron chi connectivity index (χ4n) is 1.34. The summed E-state index contributed by atoms with van der Waals surface area (Å²) in [7, 11) is 0. The summed E-state index contributed by atoms with van der Waals surface area (Å²) in [5.74, 6) is 0. The molecular weight excluding hydrogens is 184 g/mol. The quantitative estimate of drug-likeness (QED) is 0.612. The number of carbonyl (C=O) groups excluding carboxylic acids is 1. The Hall–Kier alpha value is -1.23. The second-order valence-electron chi connectivity index (χ2n) is 2.85. The van der Waals surface area contributed by atoms with Gasteiger partial charge < -0.3 is 15.3 Å². The fraction of sp³-hybridized carbons (Fsp3) is 0.300. The van der Waals surface area contributed by atoms with E-state index in [-0.39, 0.29) is 25.4 Å². The van der Waals surface area contributed by atoms with Crippen molar-refractivity contribution >= 4 is 6.29 Å². The summed E-state index contributed by atoms with van der Waals surface area (Å²) in [5.41, 5.74) is 1.61. The molecule has 0 spiro atoms. The molecule has 0 saturated heterocycles. The zero-order chi connectivity index (χ0) is 10.6. The van der Waals surface area contributed by atoms with Gasteiger partial charge in [0.1, 0.15) is 0 Å². The third kappa shape index (κ3) is 1.98. The average Bonchev–Trinajstić information content (AvgIpc) is 2.26. The lowest BCUT2D eigenvalue weighted by molar-refractivity contribution is 0.247. The molecule has 0 saturated carbocycles. The number of rotatable bonds is 4. The molecule has 0 aliphatic carbocycles. The molecule has 0 aliphatic heterocycles. The van der Waals surface area contributed by atoms with Crippen molar-refractivity contribution in [3.63, 3.8) is 0 Å². The highest BCUT2D eigenvalue weighted by Crippen LogP contribution is 2.17. The van der Waals surface area contributed by atoms with Crippen molar-refractivity contribution in [3.8, 4) is 0 Å². The molecule has 0 unspecified atom stereocenters. The van der Waals surface area contributed by atoms with Gasteiger partial charge in [0.2, 0.25) is 6.29 Å². The zero-order valence-electron chi connectivity index (χ0n) is 7.53. The van der Waals surface area contributed by atoms with Crippen LogP contribution in [0.15, 0.2) is 12.1 Å². The van der Waals surface area contributed by atoms with Crippen molar-refractivity contribution in [2.45, 2.75) is 19.8 Å². The first-order valence-corrected chi connectivity index (χ1v) is 4.12. The molecule has 0 atom stereocenters. The first kappa shape index (κ1) is 10.8. The first-order chi connectivity index (χ1) is 6.76. The van der Waals surface area contributed by atoms with E-state index in [1.807, 2.05) is 0 Å². The normalized spacial score (nSPS) is 10.2. The largest absolute Gasteiger partial charge is 0.392 e. The van der Waals surface area contributed by atoms with Crippen LogP contribution in [0.25, 0.3) is 0 Å². The first-order valence-electron chi connectivity index (χ1n) is 4.12. The highest BCUT2D eigenvalue weighted by atomic mass is 16.3. The van der Waals surface area contributed by atoms with Gasteiger partial charge in [-0.25, -0.2) is 0 Å². The van der Waals surface area contributed by atoms with Crippen molar-refractivity contribution in [1.29, 1.82) is 0 Å². The molecule has 0 bridgehead atoms. The molecule has 0 aliphatic rings. The standard InChI is InChI=1S/C10H11O4/c11-3-7-1-8(4-12)10(6-14)9(2-7)5-13/h1-2,12-14H,4-6H2. The van der Waals surface area contributed by atoms with E-state index in [9.17, 15) is 4.79 Å². The molecule has 1 radical (unpaired) electrons. The Balaban J connectivity index is 3.31. The minimum Gasteiger partial charge on any atom is -0.392 e. The maximum Gasteiger partial charge on any atom is 0.233 e. The lowest BCUT2D eigenvalue weighted by atomic mass is 9.99. The molecule has 75 valence electrons. The van der Waals surface area contributed by atoms with Crippen LogP contribution in [-0.2, 0) is 24.6 Å². The Morgan fingerprint density at radius 1 is 1.00 bits per heavy atom. The molecule has 0 aromatic heterocycles. The van der Waals surface area contributed by atoms with E-state index in [0.29, 0.717) is 16.7 Å². The lowest BCUT2D eigenvalue weighted by Gasteiger charge is -2.10. The minimum atomic E-state index is -0.279. The maximum atomic E-state index is 10.4. The molecule has 0 fully saturated rings. The highest BCUT2D eigenvalue weighted by molar-refractivity contribution is 5.76. The number of hydrogen-bond acceptors (Lipinski definition) is 4. The van der Waals surface area contributed by atoms with E-state index >= 15 is 0 Å². The topological polar surface area (TPSA) is 77.8 Å². The molecule has 1 rings (SSSR count). The summed E-state index contributed by atoms with van der Waals surface area (Å²) in [4.78, 5) is 10.4. The number of aliphatic hydroxyl groups is 3. The summed E-state index contributed by atoms with van der Waals surface area (Å²) >= 11 is 0. The average molecular weight is 195 g/mol. The van der Waals surface area contributed by atoms with Crippen LogP contribution >= 0.6 is 0 Å². The van der Waals surface area contributed by atoms with Gasteiger partial charge in [0.05, 0.1) is 19.8 Å². The van der Waals surface area contributed by atoms with Gasteiger partial charge in [-0.2, -0.15) is 0 Å². The Kier molecular flexibility index (Phi) is 3.76. The van der Waals surface area contributed by atoms with E-state index < -0.39 is 0 Å². The summed E-state index contributed by atoms with van der Waals surface area (Å²) < 4.78 is 0. The van der Waals surface area contributed by atoms with Crippen LogP contribution in [0.4, 0.5) is 0 Å². The molecule has 14 heavy (non-hydrogen) atoms. The van der Waals surface area contributed by atoms with Crippen LogP contribution in [0.1, 0.15) is 22.3 Å². The molecule has 3 N–H and O–H groups in total. The Morgan fingerprint density at radius 3 is 1.79 bits per heavy atom. The van der Waals surface area contributed by atoms with Crippen LogP contribution in [0, 0.1) is 0 Å². The smallest absolute Gasteiger partial charge is 0.233 e. The third-order valence-electron chi connectivity index (χ3n) is 2.05. The molecule has 1 aromatic rings. The van der Waals surface area contributed by atoms with E-state index in [1.165, 1.54) is 12.1 Å². The Labute approximate surface area is 81.4 Å². The maximum absolute atomic E-state index is 10.4. The van der Waals surface area contributed by atoms with Crippen molar-refractivity contribution in [3.05, 3.63) is 34.4 Å². The van der Waals surface area contributed by atoms with Crippen LogP contribution in [0.5, 0.6) is 0 Å².